The van der Waals surface area contributed by atoms with Crippen molar-refractivity contribution in [2.45, 2.75) is 52.4 Å². The van der Waals surface area contributed by atoms with Crippen molar-refractivity contribution >= 4 is 11.0 Å². The highest BCUT2D eigenvalue weighted by Gasteiger charge is 2.15. The molecule has 0 aliphatic carbocycles. The van der Waals surface area contributed by atoms with E-state index in [2.05, 4.69) is 30.1 Å². The molecule has 0 atom stereocenters. The van der Waals surface area contributed by atoms with Crippen LogP contribution in [0.5, 0.6) is 11.5 Å². The van der Waals surface area contributed by atoms with Crippen LogP contribution in [-0.2, 0) is 12.8 Å². The smallest absolute Gasteiger partial charge is 0.146 e. The van der Waals surface area contributed by atoms with Gasteiger partial charge in [0.15, 0.2) is 0 Å². The first kappa shape index (κ1) is 18.2. The summed E-state index contributed by atoms with van der Waals surface area (Å²) >= 11 is 0. The zero-order valence-corrected chi connectivity index (χ0v) is 15.8. The summed E-state index contributed by atoms with van der Waals surface area (Å²) < 4.78 is 5.26. The predicted molar refractivity (Wildman–Crippen MR) is 104 cm³/mol. The quantitative estimate of drug-likeness (QED) is 0.631. The molecule has 3 aromatic rings. The van der Waals surface area contributed by atoms with Gasteiger partial charge < -0.3 is 9.84 Å². The Morgan fingerprint density at radius 2 is 1.69 bits per heavy atom. The number of nitrogens with zero attached hydrogens (tertiary/aromatic N) is 3. The average molecular weight is 353 g/mol. The number of phenols is 1. The van der Waals surface area contributed by atoms with Crippen molar-refractivity contribution in [2.24, 2.45) is 0 Å². The lowest BCUT2D eigenvalue weighted by Gasteiger charge is -2.12. The van der Waals surface area contributed by atoms with Crippen LogP contribution >= 0.6 is 0 Å². The summed E-state index contributed by atoms with van der Waals surface area (Å²) in [5.41, 5.74) is 4.39. The monoisotopic (exact) mass is 353 g/mol. The molecule has 0 aliphatic heterocycles. The third kappa shape index (κ3) is 3.82. The molecule has 0 aliphatic rings. The lowest BCUT2D eigenvalue weighted by Crippen LogP contribution is -2.03. The number of aromatic nitrogens is 3. The number of aryl methyl sites for hydroxylation is 2. The Morgan fingerprint density at radius 3 is 2.42 bits per heavy atom. The number of phenolic OH excluding ortho intramolecular Hbond substituents is 1. The van der Waals surface area contributed by atoms with Gasteiger partial charge in [0, 0.05) is 6.07 Å². The van der Waals surface area contributed by atoms with Gasteiger partial charge in [-0.1, -0.05) is 32.8 Å². The number of ether oxygens (including phenoxy) is 1. The summed E-state index contributed by atoms with van der Waals surface area (Å²) in [7, 11) is 1.63. The minimum atomic E-state index is 0.283. The highest BCUT2D eigenvalue weighted by molar-refractivity contribution is 5.76. The third-order valence-corrected chi connectivity index (χ3v) is 4.65. The second-order valence-electron chi connectivity index (χ2n) is 6.67. The van der Waals surface area contributed by atoms with Crippen molar-refractivity contribution in [1.29, 1.82) is 0 Å². The van der Waals surface area contributed by atoms with Crippen LogP contribution in [0.2, 0.25) is 0 Å². The Morgan fingerprint density at radius 1 is 0.962 bits per heavy atom. The van der Waals surface area contributed by atoms with Crippen molar-refractivity contribution in [2.75, 3.05) is 7.11 Å². The van der Waals surface area contributed by atoms with E-state index in [-0.39, 0.29) is 5.75 Å². The molecule has 1 heterocycles. The van der Waals surface area contributed by atoms with Gasteiger partial charge in [-0.05, 0) is 55.0 Å². The van der Waals surface area contributed by atoms with Crippen LogP contribution in [-0.4, -0.2) is 27.2 Å². The molecule has 26 heavy (non-hydrogen) atoms. The van der Waals surface area contributed by atoms with E-state index in [1.54, 1.807) is 11.9 Å². The van der Waals surface area contributed by atoms with Gasteiger partial charge in [0.25, 0.3) is 0 Å². The standard InChI is InChI=1S/C21H27N3O2/c1-4-6-8-15-12-16(9-7-5-2)21(25)20(13-15)24-22-18-11-10-17(26-3)14-19(18)23-24/h10-14,25H,4-9H2,1-3H3. The average Bonchev–Trinajstić information content (AvgIpc) is 3.08. The van der Waals surface area contributed by atoms with Crippen molar-refractivity contribution < 1.29 is 9.84 Å². The van der Waals surface area contributed by atoms with E-state index < -0.39 is 0 Å². The number of fused-ring (bicyclic) bond motifs is 1. The number of methoxy groups -OCH3 is 1. The first-order chi connectivity index (χ1) is 12.7. The molecule has 0 saturated carbocycles. The van der Waals surface area contributed by atoms with E-state index in [9.17, 15) is 5.11 Å². The molecule has 0 amide bonds. The van der Waals surface area contributed by atoms with E-state index in [4.69, 9.17) is 4.74 Å². The Balaban J connectivity index is 2.06. The van der Waals surface area contributed by atoms with Crippen molar-refractivity contribution in [1.82, 2.24) is 15.0 Å². The van der Waals surface area contributed by atoms with Gasteiger partial charge in [-0.2, -0.15) is 0 Å². The molecule has 0 fully saturated rings. The number of benzene rings is 2. The molecule has 0 unspecified atom stereocenters. The second-order valence-corrected chi connectivity index (χ2v) is 6.67. The molecule has 1 N–H and O–H groups in total. The number of hydrogen-bond donors (Lipinski definition) is 1. The summed E-state index contributed by atoms with van der Waals surface area (Å²) in [6.45, 7) is 4.35. The van der Waals surface area contributed by atoms with Crippen LogP contribution in [0, 0.1) is 0 Å². The van der Waals surface area contributed by atoms with Crippen LogP contribution in [0.3, 0.4) is 0 Å². The SMILES string of the molecule is CCCCc1cc(CCCC)c(O)c(-n2nc3ccc(OC)cc3n2)c1. The molecule has 0 bridgehead atoms. The zero-order valence-electron chi connectivity index (χ0n) is 15.8. The summed E-state index contributed by atoms with van der Waals surface area (Å²) in [5.74, 6) is 1.03. The fraction of sp³-hybridized carbons (Fsp3) is 0.429. The van der Waals surface area contributed by atoms with Crippen molar-refractivity contribution in [3.63, 3.8) is 0 Å². The lowest BCUT2D eigenvalue weighted by molar-refractivity contribution is 0.415. The van der Waals surface area contributed by atoms with Crippen LogP contribution in [0.25, 0.3) is 16.7 Å². The number of unbranched alkanes of at least 4 members (excludes halogenated alkanes) is 2. The van der Waals surface area contributed by atoms with Crippen LogP contribution in [0.15, 0.2) is 30.3 Å². The van der Waals surface area contributed by atoms with Crippen molar-refractivity contribution in [3.8, 4) is 17.2 Å². The second kappa shape index (κ2) is 8.21. The third-order valence-electron chi connectivity index (χ3n) is 4.65. The maximum Gasteiger partial charge on any atom is 0.146 e. The van der Waals surface area contributed by atoms with Gasteiger partial charge in [-0.15, -0.1) is 15.0 Å². The number of aromatic hydroxyl groups is 1. The number of hydrogen-bond acceptors (Lipinski definition) is 4. The summed E-state index contributed by atoms with van der Waals surface area (Å²) in [6.07, 6.45) is 6.28. The molecule has 3 rings (SSSR count). The Bertz CT molecular complexity index is 886. The molecule has 5 heteroatoms. The normalized spacial score (nSPS) is 11.2. The first-order valence-corrected chi connectivity index (χ1v) is 9.42. The number of rotatable bonds is 8. The lowest BCUT2D eigenvalue weighted by atomic mass is 10.00. The summed E-state index contributed by atoms with van der Waals surface area (Å²) in [6, 6.07) is 9.75. The minimum absolute atomic E-state index is 0.283. The van der Waals surface area contributed by atoms with Crippen LogP contribution < -0.4 is 4.74 Å². The Labute approximate surface area is 154 Å². The van der Waals surface area contributed by atoms with E-state index >= 15 is 0 Å². The Kier molecular flexibility index (Phi) is 5.76. The fourth-order valence-corrected chi connectivity index (χ4v) is 3.11. The molecular weight excluding hydrogens is 326 g/mol. The molecular formula is C21H27N3O2. The fourth-order valence-electron chi connectivity index (χ4n) is 3.11. The largest absolute Gasteiger partial charge is 0.505 e. The molecule has 0 spiro atoms. The van der Waals surface area contributed by atoms with Gasteiger partial charge in [0.2, 0.25) is 0 Å². The predicted octanol–water partition coefficient (Wildman–Crippen LogP) is 4.82. The van der Waals surface area contributed by atoms with E-state index in [1.807, 2.05) is 24.3 Å². The van der Waals surface area contributed by atoms with E-state index in [0.29, 0.717) is 5.69 Å². The van der Waals surface area contributed by atoms with Gasteiger partial charge >= 0.3 is 0 Å². The molecule has 2 aromatic carbocycles. The summed E-state index contributed by atoms with van der Waals surface area (Å²) in [4.78, 5) is 1.55. The van der Waals surface area contributed by atoms with Crippen LogP contribution in [0.4, 0.5) is 0 Å². The van der Waals surface area contributed by atoms with E-state index in [0.717, 1.165) is 60.9 Å². The van der Waals surface area contributed by atoms with E-state index in [1.165, 1.54) is 5.56 Å². The first-order valence-electron chi connectivity index (χ1n) is 9.42. The highest BCUT2D eigenvalue weighted by atomic mass is 16.5. The van der Waals surface area contributed by atoms with Gasteiger partial charge in [-0.3, -0.25) is 0 Å². The molecule has 5 nitrogen and oxygen atoms in total. The molecule has 0 radical (unpaired) electrons. The van der Waals surface area contributed by atoms with Crippen LogP contribution in [0.1, 0.15) is 50.7 Å². The molecule has 0 saturated heterocycles. The molecule has 1 aromatic heterocycles. The maximum absolute atomic E-state index is 10.8. The minimum Gasteiger partial charge on any atom is -0.505 e. The topological polar surface area (TPSA) is 60.2 Å². The summed E-state index contributed by atoms with van der Waals surface area (Å²) in [5, 5.41) is 19.9. The highest BCUT2D eigenvalue weighted by Crippen LogP contribution is 2.30. The molecule has 138 valence electrons. The Hall–Kier alpha value is -2.56. The van der Waals surface area contributed by atoms with Gasteiger partial charge in [0.05, 0.1) is 7.11 Å². The van der Waals surface area contributed by atoms with Gasteiger partial charge in [0.1, 0.15) is 28.2 Å². The van der Waals surface area contributed by atoms with Gasteiger partial charge in [-0.25, -0.2) is 0 Å². The zero-order chi connectivity index (χ0) is 18.5. The van der Waals surface area contributed by atoms with Crippen molar-refractivity contribution in [3.05, 3.63) is 41.5 Å². The maximum atomic E-state index is 10.8.